The molecule has 0 aliphatic heterocycles. The Hall–Kier alpha value is -2.87. The van der Waals surface area contributed by atoms with Gasteiger partial charge in [-0.3, -0.25) is 0 Å². The minimum absolute atomic E-state index is 0.912. The molecule has 1 aromatic heterocycles. The van der Waals surface area contributed by atoms with Gasteiger partial charge in [-0.2, -0.15) is 0 Å². The summed E-state index contributed by atoms with van der Waals surface area (Å²) >= 11 is 0. The number of aryl methyl sites for hydroxylation is 1. The predicted octanol–water partition coefficient (Wildman–Crippen LogP) is 6.47. The van der Waals surface area contributed by atoms with E-state index in [9.17, 15) is 0 Å². The molecule has 4 aromatic rings. The van der Waals surface area contributed by atoms with Crippen LogP contribution in [0.1, 0.15) is 25.3 Å². The molecular weight excluding hydrogens is 304 g/mol. The van der Waals surface area contributed by atoms with E-state index in [2.05, 4.69) is 84.0 Å². The van der Waals surface area contributed by atoms with Crippen molar-refractivity contribution >= 4 is 33.1 Å². The lowest BCUT2D eigenvalue weighted by Gasteiger charge is -2.14. The van der Waals surface area contributed by atoms with Gasteiger partial charge >= 0.3 is 0 Å². The SMILES string of the molecule is CCCCc1ccnc(Nc2c3ccccc3cc3ccccc23)c1. The van der Waals surface area contributed by atoms with Gasteiger partial charge in [0.25, 0.3) is 0 Å². The molecule has 0 atom stereocenters. The van der Waals surface area contributed by atoms with Crippen molar-refractivity contribution in [3.8, 4) is 0 Å². The summed E-state index contributed by atoms with van der Waals surface area (Å²) < 4.78 is 0. The fourth-order valence-electron chi connectivity index (χ4n) is 3.36. The zero-order chi connectivity index (χ0) is 17.1. The van der Waals surface area contributed by atoms with Crippen molar-refractivity contribution < 1.29 is 0 Å². The van der Waals surface area contributed by atoms with Crippen LogP contribution in [-0.4, -0.2) is 4.98 Å². The second-order valence-corrected chi connectivity index (χ2v) is 6.47. The summed E-state index contributed by atoms with van der Waals surface area (Å²) in [6, 6.07) is 23.6. The van der Waals surface area contributed by atoms with Gasteiger partial charge in [0.05, 0.1) is 5.69 Å². The number of hydrogen-bond acceptors (Lipinski definition) is 2. The monoisotopic (exact) mass is 326 g/mol. The first-order chi connectivity index (χ1) is 12.3. The number of aromatic nitrogens is 1. The van der Waals surface area contributed by atoms with E-state index < -0.39 is 0 Å². The summed E-state index contributed by atoms with van der Waals surface area (Å²) in [4.78, 5) is 4.55. The van der Waals surface area contributed by atoms with Gasteiger partial charge in [-0.25, -0.2) is 4.98 Å². The predicted molar refractivity (Wildman–Crippen MR) is 108 cm³/mol. The molecule has 0 saturated heterocycles. The third kappa shape index (κ3) is 3.20. The number of nitrogens with zero attached hydrogens (tertiary/aromatic N) is 1. The Balaban J connectivity index is 1.82. The first-order valence-electron chi connectivity index (χ1n) is 8.97. The maximum Gasteiger partial charge on any atom is 0.130 e. The molecule has 0 bridgehead atoms. The molecule has 0 fully saturated rings. The number of anilines is 2. The second-order valence-electron chi connectivity index (χ2n) is 6.47. The van der Waals surface area contributed by atoms with Crippen LogP contribution in [0.4, 0.5) is 11.5 Å². The van der Waals surface area contributed by atoms with E-state index in [1.54, 1.807) is 0 Å². The van der Waals surface area contributed by atoms with Crippen LogP contribution in [0.2, 0.25) is 0 Å². The van der Waals surface area contributed by atoms with Crippen LogP contribution in [-0.2, 0) is 6.42 Å². The number of pyridine rings is 1. The van der Waals surface area contributed by atoms with E-state index in [1.807, 2.05) is 6.20 Å². The average molecular weight is 326 g/mol. The molecule has 2 heteroatoms. The number of rotatable bonds is 5. The van der Waals surface area contributed by atoms with E-state index in [1.165, 1.54) is 39.9 Å². The third-order valence-corrected chi connectivity index (χ3v) is 4.67. The summed E-state index contributed by atoms with van der Waals surface area (Å²) in [6.45, 7) is 2.22. The maximum atomic E-state index is 4.55. The molecule has 0 aliphatic rings. The average Bonchev–Trinajstić information content (AvgIpc) is 2.66. The largest absolute Gasteiger partial charge is 0.339 e. The first kappa shape index (κ1) is 15.6. The summed E-state index contributed by atoms with van der Waals surface area (Å²) in [5.41, 5.74) is 2.47. The smallest absolute Gasteiger partial charge is 0.130 e. The highest BCUT2D eigenvalue weighted by molar-refractivity contribution is 6.11. The van der Waals surface area contributed by atoms with E-state index in [0.29, 0.717) is 0 Å². The van der Waals surface area contributed by atoms with E-state index >= 15 is 0 Å². The molecule has 1 heterocycles. The molecule has 0 saturated carbocycles. The molecule has 0 amide bonds. The van der Waals surface area contributed by atoms with Gasteiger partial charge in [0.2, 0.25) is 0 Å². The Morgan fingerprint density at radius 3 is 2.20 bits per heavy atom. The first-order valence-corrected chi connectivity index (χ1v) is 8.97. The molecule has 0 unspecified atom stereocenters. The Kier molecular flexibility index (Phi) is 4.34. The Bertz CT molecular complexity index is 967. The number of nitrogens with one attached hydrogen (secondary N) is 1. The lowest BCUT2D eigenvalue weighted by molar-refractivity contribution is 0.794. The Labute approximate surface area is 148 Å². The van der Waals surface area contributed by atoms with Crippen molar-refractivity contribution in [1.82, 2.24) is 4.98 Å². The number of fused-ring (bicyclic) bond motifs is 2. The number of hydrogen-bond donors (Lipinski definition) is 1. The third-order valence-electron chi connectivity index (χ3n) is 4.67. The molecule has 25 heavy (non-hydrogen) atoms. The molecule has 1 N–H and O–H groups in total. The molecule has 124 valence electrons. The van der Waals surface area contributed by atoms with Crippen molar-refractivity contribution in [1.29, 1.82) is 0 Å². The Morgan fingerprint density at radius 2 is 1.52 bits per heavy atom. The van der Waals surface area contributed by atoms with Crippen LogP contribution in [0.25, 0.3) is 21.5 Å². The summed E-state index contributed by atoms with van der Waals surface area (Å²) in [5.74, 6) is 0.912. The quantitative estimate of drug-likeness (QED) is 0.425. The number of benzene rings is 3. The summed E-state index contributed by atoms with van der Waals surface area (Å²) in [7, 11) is 0. The van der Waals surface area contributed by atoms with Crippen LogP contribution in [0.5, 0.6) is 0 Å². The highest BCUT2D eigenvalue weighted by atomic mass is 15.0. The lowest BCUT2D eigenvalue weighted by atomic mass is 10.0. The Morgan fingerprint density at radius 1 is 0.840 bits per heavy atom. The van der Waals surface area contributed by atoms with Crippen molar-refractivity contribution in [2.75, 3.05) is 5.32 Å². The molecule has 0 aliphatic carbocycles. The molecule has 4 rings (SSSR count). The fraction of sp³-hybridized carbons (Fsp3) is 0.174. The summed E-state index contributed by atoms with van der Waals surface area (Å²) in [5, 5.41) is 8.53. The number of unbranched alkanes of at least 4 members (excludes halogenated alkanes) is 1. The minimum Gasteiger partial charge on any atom is -0.339 e. The highest BCUT2D eigenvalue weighted by Crippen LogP contribution is 2.34. The van der Waals surface area contributed by atoms with E-state index in [-0.39, 0.29) is 0 Å². The van der Waals surface area contributed by atoms with Crippen LogP contribution < -0.4 is 5.32 Å². The van der Waals surface area contributed by atoms with Gasteiger partial charge in [0, 0.05) is 17.0 Å². The molecular formula is C23H22N2. The van der Waals surface area contributed by atoms with Gasteiger partial charge in [-0.15, -0.1) is 0 Å². The van der Waals surface area contributed by atoms with Crippen molar-refractivity contribution in [2.24, 2.45) is 0 Å². The molecule has 0 spiro atoms. The lowest BCUT2D eigenvalue weighted by Crippen LogP contribution is -1.97. The van der Waals surface area contributed by atoms with Gasteiger partial charge in [0.15, 0.2) is 0 Å². The van der Waals surface area contributed by atoms with Gasteiger partial charge < -0.3 is 5.32 Å². The highest BCUT2D eigenvalue weighted by Gasteiger charge is 2.08. The minimum atomic E-state index is 0.912. The van der Waals surface area contributed by atoms with Gasteiger partial charge in [-0.05, 0) is 47.4 Å². The van der Waals surface area contributed by atoms with Crippen LogP contribution in [0.15, 0.2) is 72.9 Å². The van der Waals surface area contributed by atoms with Gasteiger partial charge in [0.1, 0.15) is 5.82 Å². The van der Waals surface area contributed by atoms with Crippen molar-refractivity contribution in [3.05, 3.63) is 78.5 Å². The maximum absolute atomic E-state index is 4.55. The van der Waals surface area contributed by atoms with Crippen molar-refractivity contribution in [3.63, 3.8) is 0 Å². The fourth-order valence-corrected chi connectivity index (χ4v) is 3.36. The molecule has 0 radical (unpaired) electrons. The van der Waals surface area contributed by atoms with Crippen LogP contribution in [0.3, 0.4) is 0 Å². The van der Waals surface area contributed by atoms with Gasteiger partial charge in [-0.1, -0.05) is 61.9 Å². The topological polar surface area (TPSA) is 24.9 Å². The normalized spacial score (nSPS) is 11.1. The van der Waals surface area contributed by atoms with E-state index in [0.717, 1.165) is 17.9 Å². The molecule has 3 aromatic carbocycles. The van der Waals surface area contributed by atoms with E-state index in [4.69, 9.17) is 0 Å². The second kappa shape index (κ2) is 6.94. The van der Waals surface area contributed by atoms with Crippen LogP contribution >= 0.6 is 0 Å². The standard InChI is InChI=1S/C23H22N2/c1-2-3-8-17-13-14-24-22(15-17)25-23-20-11-6-4-9-18(20)16-19-10-5-7-12-21(19)23/h4-7,9-16H,2-3,8H2,1H3,(H,24,25). The summed E-state index contributed by atoms with van der Waals surface area (Å²) in [6.07, 6.45) is 5.42. The molecule has 2 nitrogen and oxygen atoms in total. The van der Waals surface area contributed by atoms with Crippen LogP contribution in [0, 0.1) is 0 Å². The zero-order valence-corrected chi connectivity index (χ0v) is 14.5. The zero-order valence-electron chi connectivity index (χ0n) is 14.5. The van der Waals surface area contributed by atoms with Crippen molar-refractivity contribution in [2.45, 2.75) is 26.2 Å².